The molecule has 2 amide bonds. The van der Waals surface area contributed by atoms with Gasteiger partial charge in [0.2, 0.25) is 11.9 Å². The van der Waals surface area contributed by atoms with Crippen LogP contribution in [0.2, 0.25) is 0 Å². The third-order valence-electron chi connectivity index (χ3n) is 4.77. The molecule has 12 heteroatoms. The van der Waals surface area contributed by atoms with Crippen LogP contribution in [0.1, 0.15) is 15.9 Å². The van der Waals surface area contributed by atoms with E-state index in [4.69, 9.17) is 9.47 Å². The van der Waals surface area contributed by atoms with Crippen molar-refractivity contribution in [3.63, 3.8) is 0 Å². The van der Waals surface area contributed by atoms with Gasteiger partial charge in [-0.05, 0) is 55.0 Å². The Morgan fingerprint density at radius 2 is 1.50 bits per heavy atom. The highest BCUT2D eigenvalue weighted by atomic mass is 16.6. The fourth-order valence-electron chi connectivity index (χ4n) is 3.04. The summed E-state index contributed by atoms with van der Waals surface area (Å²) in [5, 5.41) is 0. The molecule has 0 unspecified atom stereocenters. The number of hydrogen-bond donors (Lipinski definition) is 4. The number of ether oxygens (including phenoxy) is 2. The molecule has 2 aromatic carbocycles. The maximum atomic E-state index is 12.4. The highest BCUT2D eigenvalue weighted by Gasteiger charge is 2.14. The summed E-state index contributed by atoms with van der Waals surface area (Å²) >= 11 is 0. The predicted octanol–water partition coefficient (Wildman–Crippen LogP) is 3.12. The summed E-state index contributed by atoms with van der Waals surface area (Å²) in [6.07, 6.45) is 2.24. The number of hydrazine groups is 2. The van der Waals surface area contributed by atoms with Gasteiger partial charge >= 0.3 is 6.09 Å². The number of para-hydroxylation sites is 1. The molecule has 0 radical (unpaired) electrons. The lowest BCUT2D eigenvalue weighted by Crippen LogP contribution is -2.34. The zero-order valence-electron chi connectivity index (χ0n) is 19.4. The molecule has 12 nitrogen and oxygen atoms in total. The Kier molecular flexibility index (Phi) is 7.46. The number of carbonyl (C=O) groups is 2. The monoisotopic (exact) mass is 486 g/mol. The van der Waals surface area contributed by atoms with Crippen LogP contribution < -0.4 is 31.2 Å². The van der Waals surface area contributed by atoms with Crippen LogP contribution in [0.4, 0.5) is 16.7 Å². The van der Waals surface area contributed by atoms with Crippen molar-refractivity contribution in [3.8, 4) is 22.9 Å². The van der Waals surface area contributed by atoms with Crippen molar-refractivity contribution in [1.82, 2.24) is 30.8 Å². The summed E-state index contributed by atoms with van der Waals surface area (Å²) in [4.78, 5) is 41.4. The van der Waals surface area contributed by atoms with Crippen molar-refractivity contribution in [3.05, 3.63) is 84.2 Å². The summed E-state index contributed by atoms with van der Waals surface area (Å²) in [7, 11) is 1.58. The van der Waals surface area contributed by atoms with Crippen LogP contribution in [0.3, 0.4) is 0 Å². The van der Waals surface area contributed by atoms with E-state index in [1.807, 2.05) is 13.0 Å². The second kappa shape index (κ2) is 11.2. The second-order valence-electron chi connectivity index (χ2n) is 7.25. The smallest absolute Gasteiger partial charge is 0.431 e. The standard InChI is InChI=1S/C24H22N8O4/c1-15-14-18(35-2)8-9-19(15)20-26-22(30-29-21(33)16-10-12-25-13-11-16)28-23(27-20)31-32-24(34)36-17-6-4-3-5-7-17/h3-14H,1-2H3,(H,29,33)(H,32,34)(H2,26,27,28,30,31). The van der Waals surface area contributed by atoms with E-state index in [-0.39, 0.29) is 17.7 Å². The van der Waals surface area contributed by atoms with Crippen LogP contribution in [0.5, 0.6) is 11.5 Å². The molecular formula is C24H22N8O4. The summed E-state index contributed by atoms with van der Waals surface area (Å²) < 4.78 is 10.4. The number of pyridine rings is 1. The van der Waals surface area contributed by atoms with Gasteiger partial charge in [0.25, 0.3) is 5.91 Å². The van der Waals surface area contributed by atoms with E-state index in [0.717, 1.165) is 5.56 Å². The number of aromatic nitrogens is 4. The quantitative estimate of drug-likeness (QED) is 0.273. The number of benzene rings is 2. The van der Waals surface area contributed by atoms with Crippen LogP contribution in [0, 0.1) is 6.92 Å². The summed E-state index contributed by atoms with van der Waals surface area (Å²) in [5.41, 5.74) is 12.1. The molecule has 0 saturated heterocycles. The fraction of sp³-hybridized carbons (Fsp3) is 0.0833. The lowest BCUT2D eigenvalue weighted by Gasteiger charge is -2.13. The minimum Gasteiger partial charge on any atom is -0.497 e. The number of anilines is 2. The minimum absolute atomic E-state index is 0.000824. The van der Waals surface area contributed by atoms with Crippen LogP contribution in [0.25, 0.3) is 11.4 Å². The number of nitrogens with one attached hydrogen (secondary N) is 4. The van der Waals surface area contributed by atoms with E-state index < -0.39 is 12.0 Å². The average molecular weight is 486 g/mol. The number of amides is 2. The number of carbonyl (C=O) groups excluding carboxylic acids is 2. The van der Waals surface area contributed by atoms with Gasteiger partial charge < -0.3 is 9.47 Å². The average Bonchev–Trinajstić information content (AvgIpc) is 2.91. The molecule has 182 valence electrons. The second-order valence-corrected chi connectivity index (χ2v) is 7.25. The van der Waals surface area contributed by atoms with Gasteiger partial charge in [-0.3, -0.25) is 26.1 Å². The SMILES string of the molecule is COc1ccc(-c2nc(NNC(=O)Oc3ccccc3)nc(NNC(=O)c3ccncc3)n2)c(C)c1. The Morgan fingerprint density at radius 1 is 0.806 bits per heavy atom. The first-order chi connectivity index (χ1) is 17.5. The maximum absolute atomic E-state index is 12.4. The third-order valence-corrected chi connectivity index (χ3v) is 4.77. The Balaban J connectivity index is 1.54. The van der Waals surface area contributed by atoms with Crippen molar-refractivity contribution < 1.29 is 19.1 Å². The first-order valence-electron chi connectivity index (χ1n) is 10.7. The van der Waals surface area contributed by atoms with E-state index in [1.165, 1.54) is 12.4 Å². The number of rotatable bonds is 8. The Hall–Kier alpha value is -5.26. The van der Waals surface area contributed by atoms with Gasteiger partial charge in [0.05, 0.1) is 7.11 Å². The Labute approximate surface area is 206 Å². The maximum Gasteiger partial charge on any atom is 0.431 e. The molecule has 4 rings (SSSR count). The molecule has 0 aliphatic rings. The molecule has 36 heavy (non-hydrogen) atoms. The van der Waals surface area contributed by atoms with Crippen molar-refractivity contribution in [2.75, 3.05) is 18.0 Å². The first kappa shape index (κ1) is 23.9. The van der Waals surface area contributed by atoms with Gasteiger partial charge in [-0.15, -0.1) is 0 Å². The number of aryl methyl sites for hydroxylation is 1. The molecule has 0 atom stereocenters. The summed E-state index contributed by atoms with van der Waals surface area (Å²) in [6, 6.07) is 17.1. The molecule has 0 saturated carbocycles. The molecule has 0 aliphatic carbocycles. The molecule has 0 fully saturated rings. The van der Waals surface area contributed by atoms with Crippen LogP contribution >= 0.6 is 0 Å². The van der Waals surface area contributed by atoms with Gasteiger partial charge in [-0.2, -0.15) is 15.0 Å². The summed E-state index contributed by atoms with van der Waals surface area (Å²) in [6.45, 7) is 1.88. The highest BCUT2D eigenvalue weighted by molar-refractivity contribution is 5.94. The van der Waals surface area contributed by atoms with Crippen molar-refractivity contribution in [1.29, 1.82) is 0 Å². The topological polar surface area (TPSA) is 152 Å². The first-order valence-corrected chi connectivity index (χ1v) is 10.7. The minimum atomic E-state index is -0.774. The predicted molar refractivity (Wildman–Crippen MR) is 131 cm³/mol. The molecule has 2 aromatic heterocycles. The molecule has 0 spiro atoms. The van der Waals surface area contributed by atoms with Crippen molar-refractivity contribution in [2.24, 2.45) is 0 Å². The zero-order chi connectivity index (χ0) is 25.3. The normalized spacial score (nSPS) is 10.2. The lowest BCUT2D eigenvalue weighted by molar-refractivity contribution is 0.0962. The van der Waals surface area contributed by atoms with Gasteiger partial charge in [0.1, 0.15) is 11.5 Å². The number of nitrogens with zero attached hydrogens (tertiary/aromatic N) is 4. The van der Waals surface area contributed by atoms with Gasteiger partial charge in [0.15, 0.2) is 5.82 Å². The zero-order valence-corrected chi connectivity index (χ0v) is 19.4. The van der Waals surface area contributed by atoms with Crippen LogP contribution in [0.15, 0.2) is 73.1 Å². The Morgan fingerprint density at radius 3 is 2.17 bits per heavy atom. The lowest BCUT2D eigenvalue weighted by atomic mass is 10.1. The van der Waals surface area contributed by atoms with Gasteiger partial charge in [0, 0.05) is 23.5 Å². The van der Waals surface area contributed by atoms with Crippen LogP contribution in [-0.2, 0) is 0 Å². The highest BCUT2D eigenvalue weighted by Crippen LogP contribution is 2.25. The van der Waals surface area contributed by atoms with E-state index in [2.05, 4.69) is 41.6 Å². The molecule has 0 bridgehead atoms. The number of methoxy groups -OCH3 is 1. The van der Waals surface area contributed by atoms with Crippen LogP contribution in [-0.4, -0.2) is 39.0 Å². The molecule has 0 aliphatic heterocycles. The van der Waals surface area contributed by atoms with E-state index in [9.17, 15) is 9.59 Å². The third kappa shape index (κ3) is 6.20. The van der Waals surface area contributed by atoms with E-state index >= 15 is 0 Å². The summed E-state index contributed by atoms with van der Waals surface area (Å²) in [5.74, 6) is 0.935. The van der Waals surface area contributed by atoms with Crippen molar-refractivity contribution in [2.45, 2.75) is 6.92 Å². The Bertz CT molecular complexity index is 1350. The number of hydrogen-bond acceptors (Lipinski definition) is 10. The van der Waals surface area contributed by atoms with E-state index in [1.54, 1.807) is 61.7 Å². The fourth-order valence-corrected chi connectivity index (χ4v) is 3.04. The van der Waals surface area contributed by atoms with Crippen molar-refractivity contribution >= 4 is 23.9 Å². The van der Waals surface area contributed by atoms with E-state index in [0.29, 0.717) is 22.6 Å². The van der Waals surface area contributed by atoms with Gasteiger partial charge in [-0.25, -0.2) is 10.2 Å². The largest absolute Gasteiger partial charge is 0.497 e. The van der Waals surface area contributed by atoms with Gasteiger partial charge in [-0.1, -0.05) is 18.2 Å². The molecule has 2 heterocycles. The molecular weight excluding hydrogens is 464 g/mol. The molecule has 4 N–H and O–H groups in total. The molecule has 4 aromatic rings.